The van der Waals surface area contributed by atoms with Crippen molar-refractivity contribution in [2.24, 2.45) is 5.73 Å². The van der Waals surface area contributed by atoms with Gasteiger partial charge in [0.15, 0.2) is 5.13 Å². The number of nitrogens with zero attached hydrogens (tertiary/aromatic N) is 2. The molecular weight excluding hydrogens is 276 g/mol. The number of pyridine rings is 1. The first-order valence-corrected chi connectivity index (χ1v) is 7.46. The summed E-state index contributed by atoms with van der Waals surface area (Å²) in [6.07, 6.45) is 8.15. The number of thiazole rings is 1. The van der Waals surface area contributed by atoms with Crippen LogP contribution in [0.1, 0.15) is 29.0 Å². The van der Waals surface area contributed by atoms with Crippen molar-refractivity contribution in [3.63, 3.8) is 0 Å². The fourth-order valence-corrected chi connectivity index (χ4v) is 3.47. The molecule has 0 amide bonds. The Kier molecular flexibility index (Phi) is 3.44. The Bertz CT molecular complexity index is 597. The number of rotatable bonds is 3. The van der Waals surface area contributed by atoms with Gasteiger partial charge in [-0.25, -0.2) is 4.98 Å². The summed E-state index contributed by atoms with van der Waals surface area (Å²) in [6, 6.07) is 1.82. The maximum atomic E-state index is 5.71. The van der Waals surface area contributed by atoms with Gasteiger partial charge in [-0.1, -0.05) is 12.2 Å². The third kappa shape index (κ3) is 2.59. The van der Waals surface area contributed by atoms with Gasteiger partial charge in [0.25, 0.3) is 0 Å². The van der Waals surface area contributed by atoms with Gasteiger partial charge in [-0.05, 0) is 31.7 Å². The van der Waals surface area contributed by atoms with Crippen LogP contribution in [0.25, 0.3) is 0 Å². The van der Waals surface area contributed by atoms with E-state index in [9.17, 15) is 0 Å². The standard InChI is InChI=1S/C13H14N4S2/c14-12(18)8-5-6-15-7-10(8)17-13-16-9-3-1-2-4-11(9)19-13/h5-7H,1-4H2,(H2,14,18)(H,16,17). The summed E-state index contributed by atoms with van der Waals surface area (Å²) in [5.41, 5.74) is 8.57. The van der Waals surface area contributed by atoms with Crippen molar-refractivity contribution >= 4 is 39.4 Å². The fraction of sp³-hybridized carbons (Fsp3) is 0.308. The number of nitrogens with one attached hydrogen (secondary N) is 1. The number of hydrogen-bond donors (Lipinski definition) is 2. The average Bonchev–Trinajstić information content (AvgIpc) is 2.81. The zero-order valence-electron chi connectivity index (χ0n) is 10.3. The molecule has 1 aliphatic carbocycles. The zero-order chi connectivity index (χ0) is 13.2. The van der Waals surface area contributed by atoms with Crippen molar-refractivity contribution in [2.75, 3.05) is 5.32 Å². The maximum absolute atomic E-state index is 5.71. The lowest BCUT2D eigenvalue weighted by Crippen LogP contribution is -2.12. The molecular formula is C13H14N4S2. The Hall–Kier alpha value is -1.53. The van der Waals surface area contributed by atoms with Gasteiger partial charge in [-0.3, -0.25) is 4.98 Å². The molecule has 0 fully saturated rings. The molecule has 3 rings (SSSR count). The van der Waals surface area contributed by atoms with Gasteiger partial charge in [0.2, 0.25) is 0 Å². The minimum absolute atomic E-state index is 0.367. The molecule has 0 saturated heterocycles. The minimum Gasteiger partial charge on any atom is -0.389 e. The van der Waals surface area contributed by atoms with E-state index in [1.807, 2.05) is 6.07 Å². The summed E-state index contributed by atoms with van der Waals surface area (Å²) >= 11 is 6.76. The highest BCUT2D eigenvalue weighted by Crippen LogP contribution is 2.31. The Morgan fingerprint density at radius 2 is 2.21 bits per heavy atom. The second-order valence-corrected chi connectivity index (χ2v) is 6.03. The lowest BCUT2D eigenvalue weighted by Gasteiger charge is -2.07. The minimum atomic E-state index is 0.367. The van der Waals surface area contributed by atoms with Gasteiger partial charge < -0.3 is 11.1 Å². The van der Waals surface area contributed by atoms with Crippen molar-refractivity contribution in [3.8, 4) is 0 Å². The Labute approximate surface area is 121 Å². The van der Waals surface area contributed by atoms with E-state index in [1.165, 1.54) is 23.4 Å². The summed E-state index contributed by atoms with van der Waals surface area (Å²) < 4.78 is 0. The Balaban J connectivity index is 1.89. The third-order valence-electron chi connectivity index (χ3n) is 3.17. The van der Waals surface area contributed by atoms with Crippen LogP contribution < -0.4 is 11.1 Å². The molecule has 1 aliphatic rings. The van der Waals surface area contributed by atoms with Crippen LogP contribution in [0.5, 0.6) is 0 Å². The molecule has 19 heavy (non-hydrogen) atoms. The molecule has 0 aliphatic heterocycles. The van der Waals surface area contributed by atoms with Gasteiger partial charge >= 0.3 is 0 Å². The van der Waals surface area contributed by atoms with Crippen molar-refractivity contribution in [3.05, 3.63) is 34.6 Å². The molecule has 6 heteroatoms. The SMILES string of the molecule is NC(=S)c1ccncc1Nc1nc2c(s1)CCCC2. The Morgan fingerprint density at radius 3 is 3.00 bits per heavy atom. The second-order valence-electron chi connectivity index (χ2n) is 4.51. The normalized spacial score (nSPS) is 13.9. The predicted octanol–water partition coefficient (Wildman–Crippen LogP) is 2.79. The van der Waals surface area contributed by atoms with E-state index in [0.717, 1.165) is 29.2 Å². The number of thiocarbonyl (C=S) groups is 1. The van der Waals surface area contributed by atoms with E-state index in [1.54, 1.807) is 23.7 Å². The second kappa shape index (κ2) is 5.22. The van der Waals surface area contributed by atoms with Gasteiger partial charge in [-0.15, -0.1) is 11.3 Å². The number of aromatic nitrogens is 2. The van der Waals surface area contributed by atoms with Crippen molar-refractivity contribution < 1.29 is 0 Å². The van der Waals surface area contributed by atoms with E-state index in [-0.39, 0.29) is 0 Å². The molecule has 0 spiro atoms. The third-order valence-corrected chi connectivity index (χ3v) is 4.47. The van der Waals surface area contributed by atoms with Gasteiger partial charge in [0.05, 0.1) is 17.6 Å². The van der Waals surface area contributed by atoms with Gasteiger partial charge in [0, 0.05) is 16.6 Å². The average molecular weight is 290 g/mol. The molecule has 0 atom stereocenters. The Morgan fingerprint density at radius 1 is 1.37 bits per heavy atom. The first-order chi connectivity index (χ1) is 9.24. The van der Waals surface area contributed by atoms with E-state index < -0.39 is 0 Å². The van der Waals surface area contributed by atoms with E-state index >= 15 is 0 Å². The summed E-state index contributed by atoms with van der Waals surface area (Å²) in [5, 5.41) is 4.19. The summed E-state index contributed by atoms with van der Waals surface area (Å²) in [4.78, 5) is 10.5. The number of hydrogen-bond acceptors (Lipinski definition) is 5. The first-order valence-electron chi connectivity index (χ1n) is 6.23. The maximum Gasteiger partial charge on any atom is 0.187 e. The largest absolute Gasteiger partial charge is 0.389 e. The number of aryl methyl sites for hydroxylation is 2. The highest BCUT2D eigenvalue weighted by molar-refractivity contribution is 7.80. The molecule has 2 heterocycles. The lowest BCUT2D eigenvalue weighted by molar-refractivity contribution is 0.683. The number of fused-ring (bicyclic) bond motifs is 1. The predicted molar refractivity (Wildman–Crippen MR) is 82.2 cm³/mol. The number of nitrogens with two attached hydrogens (primary N) is 1. The quantitative estimate of drug-likeness (QED) is 0.851. The van der Waals surface area contributed by atoms with Gasteiger partial charge in [-0.2, -0.15) is 0 Å². The smallest absolute Gasteiger partial charge is 0.187 e. The van der Waals surface area contributed by atoms with E-state index in [0.29, 0.717) is 4.99 Å². The summed E-state index contributed by atoms with van der Waals surface area (Å²) in [7, 11) is 0. The van der Waals surface area contributed by atoms with Crippen molar-refractivity contribution in [2.45, 2.75) is 25.7 Å². The van der Waals surface area contributed by atoms with Crippen LogP contribution in [0, 0.1) is 0 Å². The zero-order valence-corrected chi connectivity index (χ0v) is 12.0. The molecule has 0 aromatic carbocycles. The van der Waals surface area contributed by atoms with Crippen molar-refractivity contribution in [1.82, 2.24) is 9.97 Å². The molecule has 98 valence electrons. The molecule has 2 aromatic heterocycles. The van der Waals surface area contributed by atoms with Crippen LogP contribution in [0.15, 0.2) is 18.5 Å². The van der Waals surface area contributed by atoms with E-state index in [4.69, 9.17) is 18.0 Å². The highest BCUT2D eigenvalue weighted by Gasteiger charge is 2.16. The van der Waals surface area contributed by atoms with Crippen LogP contribution in [0.4, 0.5) is 10.8 Å². The monoisotopic (exact) mass is 290 g/mol. The van der Waals surface area contributed by atoms with Crippen LogP contribution in [0.3, 0.4) is 0 Å². The van der Waals surface area contributed by atoms with Crippen LogP contribution in [-0.2, 0) is 12.8 Å². The van der Waals surface area contributed by atoms with Crippen LogP contribution in [-0.4, -0.2) is 15.0 Å². The lowest BCUT2D eigenvalue weighted by atomic mass is 10.0. The molecule has 0 bridgehead atoms. The van der Waals surface area contributed by atoms with E-state index in [2.05, 4.69) is 15.3 Å². The topological polar surface area (TPSA) is 63.8 Å². The van der Waals surface area contributed by atoms with Gasteiger partial charge in [0.1, 0.15) is 4.99 Å². The molecule has 0 radical (unpaired) electrons. The molecule has 3 N–H and O–H groups in total. The summed E-state index contributed by atoms with van der Waals surface area (Å²) in [6.45, 7) is 0. The molecule has 4 nitrogen and oxygen atoms in total. The molecule has 0 unspecified atom stereocenters. The van der Waals surface area contributed by atoms with Crippen LogP contribution in [0.2, 0.25) is 0 Å². The van der Waals surface area contributed by atoms with Crippen LogP contribution >= 0.6 is 23.6 Å². The highest BCUT2D eigenvalue weighted by atomic mass is 32.1. The molecule has 0 saturated carbocycles. The summed E-state index contributed by atoms with van der Waals surface area (Å²) in [5.74, 6) is 0. The fourth-order valence-electron chi connectivity index (χ4n) is 2.23. The number of anilines is 2. The first kappa shape index (κ1) is 12.5. The molecule has 2 aromatic rings. The van der Waals surface area contributed by atoms with Crippen molar-refractivity contribution in [1.29, 1.82) is 0 Å².